The van der Waals surface area contributed by atoms with Crippen molar-refractivity contribution in [1.29, 1.82) is 0 Å². The van der Waals surface area contributed by atoms with Gasteiger partial charge in [-0.1, -0.05) is 42.5 Å². The van der Waals surface area contributed by atoms with Crippen LogP contribution in [0.3, 0.4) is 0 Å². The maximum atomic E-state index is 9.71. The number of phenols is 1. The van der Waals surface area contributed by atoms with Gasteiger partial charge in [-0.05, 0) is 12.1 Å². The molecule has 2 nitrogen and oxygen atoms in total. The molecule has 0 aliphatic rings. The molecule has 2 rings (SSSR count). The summed E-state index contributed by atoms with van der Waals surface area (Å²) < 4.78 is 0. The zero-order valence-corrected chi connectivity index (χ0v) is 10.1. The van der Waals surface area contributed by atoms with Crippen molar-refractivity contribution in [3.05, 3.63) is 65.7 Å². The van der Waals surface area contributed by atoms with Crippen molar-refractivity contribution in [2.75, 3.05) is 7.05 Å². The van der Waals surface area contributed by atoms with Gasteiger partial charge in [0.25, 0.3) is 0 Å². The molecule has 0 amide bonds. The summed E-state index contributed by atoms with van der Waals surface area (Å²) in [5, 5.41) is 9.71. The highest BCUT2D eigenvalue weighted by atomic mass is 16.3. The lowest BCUT2D eigenvalue weighted by Gasteiger charge is -2.14. The van der Waals surface area contributed by atoms with E-state index in [9.17, 15) is 5.11 Å². The minimum atomic E-state index is 0.389. The van der Waals surface area contributed by atoms with Crippen LogP contribution in [0.25, 0.3) is 0 Å². The number of hydrogen-bond acceptors (Lipinski definition) is 1. The van der Waals surface area contributed by atoms with Gasteiger partial charge in [-0.25, -0.2) is 0 Å². The summed E-state index contributed by atoms with van der Waals surface area (Å²) in [7, 11) is 2.14. The van der Waals surface area contributed by atoms with E-state index in [1.807, 2.05) is 24.3 Å². The van der Waals surface area contributed by atoms with Gasteiger partial charge >= 0.3 is 0 Å². The van der Waals surface area contributed by atoms with E-state index in [1.54, 1.807) is 6.07 Å². The second kappa shape index (κ2) is 5.51. The van der Waals surface area contributed by atoms with Crippen molar-refractivity contribution in [1.82, 2.24) is 0 Å². The van der Waals surface area contributed by atoms with Crippen LogP contribution in [-0.2, 0) is 13.1 Å². The van der Waals surface area contributed by atoms with Gasteiger partial charge in [0.15, 0.2) is 0 Å². The topological polar surface area (TPSA) is 24.7 Å². The lowest BCUT2D eigenvalue weighted by Crippen LogP contribution is -3.06. The van der Waals surface area contributed by atoms with Crippen LogP contribution in [0.5, 0.6) is 5.75 Å². The molecule has 2 aromatic carbocycles. The number of benzene rings is 2. The maximum Gasteiger partial charge on any atom is 0.124 e. The fourth-order valence-electron chi connectivity index (χ4n) is 1.99. The number of hydrogen-bond donors (Lipinski definition) is 2. The number of para-hydroxylation sites is 1. The summed E-state index contributed by atoms with van der Waals surface area (Å²) in [5.41, 5.74) is 2.32. The first-order chi connectivity index (χ1) is 8.25. The zero-order valence-electron chi connectivity index (χ0n) is 10.1. The predicted molar refractivity (Wildman–Crippen MR) is 68.8 cm³/mol. The third-order valence-electron chi connectivity index (χ3n) is 2.83. The second-order valence-electron chi connectivity index (χ2n) is 4.42. The average molecular weight is 228 g/mol. The average Bonchev–Trinajstić information content (AvgIpc) is 2.33. The fourth-order valence-corrected chi connectivity index (χ4v) is 1.99. The van der Waals surface area contributed by atoms with Gasteiger partial charge in [-0.2, -0.15) is 0 Å². The summed E-state index contributed by atoms with van der Waals surface area (Å²) in [6, 6.07) is 17.9. The molecule has 1 unspecified atom stereocenters. The largest absolute Gasteiger partial charge is 0.507 e. The number of phenolic OH excluding ortho intramolecular Hbond substituents is 1. The van der Waals surface area contributed by atoms with E-state index in [1.165, 1.54) is 10.5 Å². The van der Waals surface area contributed by atoms with Gasteiger partial charge in [-0.15, -0.1) is 0 Å². The van der Waals surface area contributed by atoms with Crippen LogP contribution >= 0.6 is 0 Å². The highest BCUT2D eigenvalue weighted by Gasteiger charge is 2.07. The molecule has 2 N–H and O–H groups in total. The Morgan fingerprint density at radius 2 is 1.53 bits per heavy atom. The van der Waals surface area contributed by atoms with E-state index in [2.05, 4.69) is 31.3 Å². The summed E-state index contributed by atoms with van der Waals surface area (Å²) in [4.78, 5) is 1.36. The van der Waals surface area contributed by atoms with Crippen molar-refractivity contribution >= 4 is 0 Å². The Labute approximate surface area is 102 Å². The van der Waals surface area contributed by atoms with Crippen LogP contribution < -0.4 is 4.90 Å². The Bertz CT molecular complexity index is 467. The van der Waals surface area contributed by atoms with Gasteiger partial charge in [-0.3, -0.25) is 0 Å². The molecule has 1 atom stereocenters. The smallest absolute Gasteiger partial charge is 0.124 e. The Kier molecular flexibility index (Phi) is 3.78. The van der Waals surface area contributed by atoms with Crippen molar-refractivity contribution < 1.29 is 10.0 Å². The fraction of sp³-hybridized carbons (Fsp3) is 0.200. The molecule has 0 saturated carbocycles. The molecule has 0 aliphatic carbocycles. The number of aromatic hydroxyl groups is 1. The van der Waals surface area contributed by atoms with Crippen LogP contribution in [0.4, 0.5) is 0 Å². The molecule has 0 aliphatic heterocycles. The van der Waals surface area contributed by atoms with Gasteiger partial charge in [0, 0.05) is 11.1 Å². The Hall–Kier alpha value is -1.80. The van der Waals surface area contributed by atoms with Gasteiger partial charge in [0.1, 0.15) is 18.8 Å². The van der Waals surface area contributed by atoms with Gasteiger partial charge in [0.2, 0.25) is 0 Å². The molecule has 2 heteroatoms. The number of rotatable bonds is 4. The second-order valence-corrected chi connectivity index (χ2v) is 4.42. The van der Waals surface area contributed by atoms with Gasteiger partial charge < -0.3 is 10.0 Å². The summed E-state index contributed by atoms with van der Waals surface area (Å²) in [5.74, 6) is 0.389. The van der Waals surface area contributed by atoms with Crippen LogP contribution in [0.2, 0.25) is 0 Å². The number of nitrogens with one attached hydrogen (secondary N) is 1. The first-order valence-corrected chi connectivity index (χ1v) is 5.88. The highest BCUT2D eigenvalue weighted by molar-refractivity contribution is 5.30. The van der Waals surface area contributed by atoms with Crippen molar-refractivity contribution in [3.8, 4) is 5.75 Å². The van der Waals surface area contributed by atoms with E-state index in [-0.39, 0.29) is 0 Å². The summed E-state index contributed by atoms with van der Waals surface area (Å²) in [6.07, 6.45) is 0. The van der Waals surface area contributed by atoms with E-state index in [0.29, 0.717) is 5.75 Å². The quantitative estimate of drug-likeness (QED) is 0.816. The first-order valence-electron chi connectivity index (χ1n) is 5.88. The Balaban J connectivity index is 1.98. The van der Waals surface area contributed by atoms with E-state index in [0.717, 1.165) is 18.7 Å². The van der Waals surface area contributed by atoms with Crippen LogP contribution in [0.1, 0.15) is 11.1 Å². The van der Waals surface area contributed by atoms with E-state index in [4.69, 9.17) is 0 Å². The third-order valence-corrected chi connectivity index (χ3v) is 2.83. The standard InChI is InChI=1S/C15H17NO/c1-16(11-13-7-3-2-4-8-13)12-14-9-5-6-10-15(14)17/h2-10,17H,11-12H2,1H3/p+1. The Morgan fingerprint density at radius 3 is 2.24 bits per heavy atom. The lowest BCUT2D eigenvalue weighted by molar-refractivity contribution is -0.907. The van der Waals surface area contributed by atoms with Crippen molar-refractivity contribution in [2.45, 2.75) is 13.1 Å². The minimum Gasteiger partial charge on any atom is -0.507 e. The summed E-state index contributed by atoms with van der Waals surface area (Å²) in [6.45, 7) is 1.80. The van der Waals surface area contributed by atoms with Crippen molar-refractivity contribution in [2.24, 2.45) is 0 Å². The van der Waals surface area contributed by atoms with Crippen molar-refractivity contribution in [3.63, 3.8) is 0 Å². The predicted octanol–water partition coefficient (Wildman–Crippen LogP) is 1.61. The highest BCUT2D eigenvalue weighted by Crippen LogP contribution is 2.13. The molecule has 88 valence electrons. The molecule has 0 radical (unpaired) electrons. The molecule has 2 aromatic rings. The monoisotopic (exact) mass is 228 g/mol. The lowest BCUT2D eigenvalue weighted by atomic mass is 10.1. The summed E-state index contributed by atoms with van der Waals surface area (Å²) >= 11 is 0. The molecule has 0 bridgehead atoms. The van der Waals surface area contributed by atoms with Gasteiger partial charge in [0.05, 0.1) is 7.05 Å². The molecule has 17 heavy (non-hydrogen) atoms. The van der Waals surface area contributed by atoms with Crippen LogP contribution in [0, 0.1) is 0 Å². The molecular weight excluding hydrogens is 210 g/mol. The molecule has 0 aromatic heterocycles. The minimum absolute atomic E-state index is 0.389. The van der Waals surface area contributed by atoms with E-state index < -0.39 is 0 Å². The zero-order chi connectivity index (χ0) is 12.1. The molecule has 0 spiro atoms. The Morgan fingerprint density at radius 1 is 0.882 bits per heavy atom. The molecular formula is C15H18NO+. The number of quaternary nitrogens is 1. The normalized spacial score (nSPS) is 12.3. The third kappa shape index (κ3) is 3.33. The SMILES string of the molecule is C[NH+](Cc1ccccc1)Cc1ccccc1O. The van der Waals surface area contributed by atoms with E-state index >= 15 is 0 Å². The van der Waals surface area contributed by atoms with Crippen LogP contribution in [0.15, 0.2) is 54.6 Å². The molecule has 0 fully saturated rings. The maximum absolute atomic E-state index is 9.71. The molecule has 0 saturated heterocycles. The van der Waals surface area contributed by atoms with Crippen LogP contribution in [-0.4, -0.2) is 12.2 Å². The first kappa shape index (κ1) is 11.7. The molecule has 0 heterocycles.